The normalized spacial score (nSPS) is 16.9. The largest absolute Gasteiger partial charge is 0.396 e. The summed E-state index contributed by atoms with van der Waals surface area (Å²) in [4.78, 5) is 23.1. The maximum atomic E-state index is 12.6. The minimum absolute atomic E-state index is 0.0475. The highest BCUT2D eigenvalue weighted by atomic mass is 16.2. The van der Waals surface area contributed by atoms with Crippen molar-refractivity contribution in [2.24, 2.45) is 0 Å². The maximum absolute atomic E-state index is 12.6. The van der Waals surface area contributed by atoms with E-state index in [-0.39, 0.29) is 11.8 Å². The molecule has 0 aliphatic carbocycles. The lowest BCUT2D eigenvalue weighted by Crippen LogP contribution is -2.35. The lowest BCUT2D eigenvalue weighted by Gasteiger charge is -2.25. The van der Waals surface area contributed by atoms with Gasteiger partial charge >= 0.3 is 0 Å². The van der Waals surface area contributed by atoms with Crippen LogP contribution >= 0.6 is 0 Å². The Kier molecular flexibility index (Phi) is 4.93. The minimum Gasteiger partial charge on any atom is -0.396 e. The smallest absolute Gasteiger partial charge is 0.274 e. The van der Waals surface area contributed by atoms with Gasteiger partial charge in [0.2, 0.25) is 0 Å². The van der Waals surface area contributed by atoms with Gasteiger partial charge in [0, 0.05) is 19.0 Å². The monoisotopic (exact) mass is 276 g/mol. The van der Waals surface area contributed by atoms with Crippen LogP contribution in [0.25, 0.3) is 0 Å². The number of nitrogens with zero attached hydrogens (tertiary/aromatic N) is 3. The van der Waals surface area contributed by atoms with Gasteiger partial charge in [-0.3, -0.25) is 4.79 Å². The molecule has 5 heteroatoms. The molecule has 0 saturated carbocycles. The molecule has 1 aliphatic rings. The average Bonchev–Trinajstić information content (AvgIpc) is 2.38. The fourth-order valence-electron chi connectivity index (χ4n) is 2.45. The number of aromatic nitrogens is 2. The number of likely N-dealkylation sites (tertiary alicyclic amines) is 1. The molecule has 1 aliphatic heterocycles. The van der Waals surface area contributed by atoms with E-state index in [1.54, 1.807) is 6.20 Å². The van der Waals surface area contributed by atoms with Crippen LogP contribution in [0, 0.1) is 0 Å². The van der Waals surface area contributed by atoms with Crippen LogP contribution in [0.15, 0.2) is 6.20 Å². The topological polar surface area (TPSA) is 72.1 Å². The van der Waals surface area contributed by atoms with E-state index in [2.05, 4.69) is 9.97 Å². The fourth-order valence-corrected chi connectivity index (χ4v) is 2.45. The number of hydrogen-bond donors (Lipinski definition) is 1. The summed E-state index contributed by atoms with van der Waals surface area (Å²) in [5, 5.41) is 0. The van der Waals surface area contributed by atoms with E-state index in [9.17, 15) is 4.79 Å². The van der Waals surface area contributed by atoms with E-state index in [1.165, 1.54) is 19.3 Å². The summed E-state index contributed by atoms with van der Waals surface area (Å²) in [6, 6.07) is 0. The molecular weight excluding hydrogens is 252 g/mol. The second-order valence-electron chi connectivity index (χ2n) is 5.75. The van der Waals surface area contributed by atoms with E-state index in [0.717, 1.165) is 25.9 Å². The van der Waals surface area contributed by atoms with Gasteiger partial charge in [-0.25, -0.2) is 9.97 Å². The third-order valence-corrected chi connectivity index (χ3v) is 3.70. The van der Waals surface area contributed by atoms with Crippen molar-refractivity contribution >= 4 is 11.6 Å². The fraction of sp³-hybridized carbons (Fsp3) is 0.667. The van der Waals surface area contributed by atoms with Crippen molar-refractivity contribution in [1.82, 2.24) is 14.9 Å². The van der Waals surface area contributed by atoms with Gasteiger partial charge in [0.15, 0.2) is 5.69 Å². The zero-order chi connectivity index (χ0) is 14.5. The van der Waals surface area contributed by atoms with Crippen LogP contribution in [0.3, 0.4) is 0 Å². The number of amides is 1. The third-order valence-electron chi connectivity index (χ3n) is 3.70. The lowest BCUT2D eigenvalue weighted by molar-refractivity contribution is 0.0737. The van der Waals surface area contributed by atoms with E-state index in [4.69, 9.17) is 5.73 Å². The van der Waals surface area contributed by atoms with Crippen molar-refractivity contribution in [2.45, 2.75) is 51.9 Å². The van der Waals surface area contributed by atoms with Crippen molar-refractivity contribution in [2.75, 3.05) is 18.8 Å². The first kappa shape index (κ1) is 14.8. The van der Waals surface area contributed by atoms with Crippen LogP contribution in [-0.2, 0) is 0 Å². The molecule has 0 spiro atoms. The van der Waals surface area contributed by atoms with E-state index in [0.29, 0.717) is 17.2 Å². The molecule has 2 N–H and O–H groups in total. The Hall–Kier alpha value is -1.65. The molecule has 20 heavy (non-hydrogen) atoms. The van der Waals surface area contributed by atoms with Gasteiger partial charge in [0.25, 0.3) is 5.91 Å². The molecule has 0 radical (unpaired) electrons. The van der Waals surface area contributed by atoms with Crippen molar-refractivity contribution in [1.29, 1.82) is 0 Å². The predicted molar refractivity (Wildman–Crippen MR) is 79.5 cm³/mol. The first-order valence-electron chi connectivity index (χ1n) is 7.51. The molecule has 1 aromatic heterocycles. The summed E-state index contributed by atoms with van der Waals surface area (Å²) in [6.45, 7) is 5.63. The van der Waals surface area contributed by atoms with Crippen LogP contribution < -0.4 is 5.73 Å². The Labute approximate surface area is 120 Å². The van der Waals surface area contributed by atoms with Crippen LogP contribution in [0.1, 0.15) is 68.2 Å². The zero-order valence-corrected chi connectivity index (χ0v) is 12.4. The van der Waals surface area contributed by atoms with E-state index in [1.807, 2.05) is 18.7 Å². The van der Waals surface area contributed by atoms with Crippen molar-refractivity contribution < 1.29 is 4.79 Å². The molecule has 5 nitrogen and oxygen atoms in total. The first-order valence-corrected chi connectivity index (χ1v) is 7.51. The molecule has 1 saturated heterocycles. The van der Waals surface area contributed by atoms with Gasteiger partial charge in [-0.15, -0.1) is 0 Å². The number of anilines is 1. The minimum atomic E-state index is -0.0475. The number of carbonyl (C=O) groups is 1. The molecule has 0 unspecified atom stereocenters. The standard InChI is InChI=1S/C15H24N4O/c1-11(2)14-17-10-12(16)13(18-14)15(20)19-8-6-4-3-5-7-9-19/h10-11H,3-9,16H2,1-2H3. The van der Waals surface area contributed by atoms with Crippen LogP contribution in [0.5, 0.6) is 0 Å². The SMILES string of the molecule is CC(C)c1ncc(N)c(C(=O)N2CCCCCCC2)n1. The highest BCUT2D eigenvalue weighted by Gasteiger charge is 2.21. The van der Waals surface area contributed by atoms with Gasteiger partial charge in [0.1, 0.15) is 5.82 Å². The Morgan fingerprint density at radius 1 is 1.20 bits per heavy atom. The van der Waals surface area contributed by atoms with Crippen LogP contribution in [0.4, 0.5) is 5.69 Å². The number of carbonyl (C=O) groups excluding carboxylic acids is 1. The maximum Gasteiger partial charge on any atom is 0.274 e. The zero-order valence-electron chi connectivity index (χ0n) is 12.4. The Morgan fingerprint density at radius 3 is 2.40 bits per heavy atom. The second-order valence-corrected chi connectivity index (χ2v) is 5.75. The summed E-state index contributed by atoms with van der Waals surface area (Å²) < 4.78 is 0. The highest BCUT2D eigenvalue weighted by molar-refractivity contribution is 5.97. The summed E-state index contributed by atoms with van der Waals surface area (Å²) in [6.07, 6.45) is 7.34. The van der Waals surface area contributed by atoms with Crippen molar-refractivity contribution in [3.05, 3.63) is 17.7 Å². The number of nitrogen functional groups attached to an aromatic ring is 1. The summed E-state index contributed by atoms with van der Waals surface area (Å²) in [5.41, 5.74) is 6.64. The molecule has 110 valence electrons. The molecule has 0 aromatic carbocycles. The molecule has 2 rings (SSSR count). The van der Waals surface area contributed by atoms with Gasteiger partial charge < -0.3 is 10.6 Å². The Morgan fingerprint density at radius 2 is 1.80 bits per heavy atom. The van der Waals surface area contributed by atoms with Crippen molar-refractivity contribution in [3.63, 3.8) is 0 Å². The molecule has 0 atom stereocenters. The first-order chi connectivity index (χ1) is 9.59. The van der Waals surface area contributed by atoms with E-state index < -0.39 is 0 Å². The average molecular weight is 276 g/mol. The van der Waals surface area contributed by atoms with E-state index >= 15 is 0 Å². The molecular formula is C15H24N4O. The summed E-state index contributed by atoms with van der Waals surface area (Å²) >= 11 is 0. The molecule has 1 fully saturated rings. The predicted octanol–water partition coefficient (Wildman–Crippen LogP) is 2.59. The summed E-state index contributed by atoms with van der Waals surface area (Å²) in [5.74, 6) is 0.817. The quantitative estimate of drug-likeness (QED) is 0.901. The van der Waals surface area contributed by atoms with Gasteiger partial charge in [-0.2, -0.15) is 0 Å². The van der Waals surface area contributed by atoms with Gasteiger partial charge in [-0.05, 0) is 12.8 Å². The third kappa shape index (κ3) is 3.46. The van der Waals surface area contributed by atoms with Gasteiger partial charge in [-0.1, -0.05) is 33.1 Å². The number of nitrogens with two attached hydrogens (primary N) is 1. The molecule has 1 aromatic rings. The lowest BCUT2D eigenvalue weighted by atomic mass is 10.1. The second kappa shape index (κ2) is 6.68. The van der Waals surface area contributed by atoms with Crippen molar-refractivity contribution in [3.8, 4) is 0 Å². The molecule has 2 heterocycles. The highest BCUT2D eigenvalue weighted by Crippen LogP contribution is 2.18. The van der Waals surface area contributed by atoms with Crippen LogP contribution in [0.2, 0.25) is 0 Å². The van der Waals surface area contributed by atoms with Crippen LogP contribution in [-0.4, -0.2) is 33.9 Å². The van der Waals surface area contributed by atoms with Gasteiger partial charge in [0.05, 0.1) is 11.9 Å². The Bertz CT molecular complexity index is 465. The molecule has 1 amide bonds. The summed E-state index contributed by atoms with van der Waals surface area (Å²) in [7, 11) is 0. The number of rotatable bonds is 2. The molecule has 0 bridgehead atoms. The Balaban J connectivity index is 2.20. The number of hydrogen-bond acceptors (Lipinski definition) is 4.